The van der Waals surface area contributed by atoms with Crippen LogP contribution in [0, 0.1) is 5.82 Å². The fourth-order valence-corrected chi connectivity index (χ4v) is 2.48. The summed E-state index contributed by atoms with van der Waals surface area (Å²) in [5.74, 6) is 0.0186. The second-order valence-electron chi connectivity index (χ2n) is 5.74. The summed E-state index contributed by atoms with van der Waals surface area (Å²) in [4.78, 5) is 14.0. The van der Waals surface area contributed by atoms with Crippen LogP contribution in [0.1, 0.15) is 11.6 Å². The molecule has 25 heavy (non-hydrogen) atoms. The van der Waals surface area contributed by atoms with Gasteiger partial charge in [-0.3, -0.25) is 4.79 Å². The van der Waals surface area contributed by atoms with E-state index in [1.54, 1.807) is 19.2 Å². The zero-order chi connectivity index (χ0) is 18.2. The molecule has 6 heteroatoms. The molecule has 1 atom stereocenters. The SMILES string of the molecule is COc1ccccc1C(CNC(=O)COc1ccccc1F)N(C)C. The lowest BCUT2D eigenvalue weighted by Crippen LogP contribution is -2.37. The fourth-order valence-electron chi connectivity index (χ4n) is 2.48. The van der Waals surface area contributed by atoms with E-state index in [0.29, 0.717) is 6.54 Å². The number of benzene rings is 2. The van der Waals surface area contributed by atoms with Crippen LogP contribution in [0.15, 0.2) is 48.5 Å². The molecule has 2 aromatic rings. The van der Waals surface area contributed by atoms with Crippen molar-refractivity contribution in [1.29, 1.82) is 0 Å². The standard InChI is InChI=1S/C19H23FN2O3/c1-22(2)16(14-8-4-6-10-17(14)24-3)12-21-19(23)13-25-18-11-7-5-9-15(18)20/h4-11,16H,12-13H2,1-3H3,(H,21,23). The highest BCUT2D eigenvalue weighted by Crippen LogP contribution is 2.27. The summed E-state index contributed by atoms with van der Waals surface area (Å²) in [6.45, 7) is 0.139. The molecule has 5 nitrogen and oxygen atoms in total. The van der Waals surface area contributed by atoms with E-state index in [2.05, 4.69) is 5.32 Å². The van der Waals surface area contributed by atoms with Gasteiger partial charge in [-0.05, 0) is 32.3 Å². The number of ether oxygens (including phenoxy) is 2. The van der Waals surface area contributed by atoms with Gasteiger partial charge in [-0.2, -0.15) is 0 Å². The largest absolute Gasteiger partial charge is 0.496 e. The summed E-state index contributed by atoms with van der Waals surface area (Å²) in [7, 11) is 5.48. The summed E-state index contributed by atoms with van der Waals surface area (Å²) in [5, 5.41) is 2.82. The lowest BCUT2D eigenvalue weighted by atomic mass is 10.0. The number of carbonyl (C=O) groups excluding carboxylic acids is 1. The van der Waals surface area contributed by atoms with Gasteiger partial charge >= 0.3 is 0 Å². The number of hydrogen-bond acceptors (Lipinski definition) is 4. The molecule has 1 N–H and O–H groups in total. The summed E-state index contributed by atoms with van der Waals surface area (Å²) in [6.07, 6.45) is 0. The Morgan fingerprint density at radius 3 is 2.40 bits per heavy atom. The van der Waals surface area contributed by atoms with E-state index in [1.807, 2.05) is 43.3 Å². The van der Waals surface area contributed by atoms with E-state index in [0.717, 1.165) is 11.3 Å². The van der Waals surface area contributed by atoms with Crippen LogP contribution in [0.25, 0.3) is 0 Å². The van der Waals surface area contributed by atoms with Gasteiger partial charge in [-0.25, -0.2) is 4.39 Å². The zero-order valence-corrected chi connectivity index (χ0v) is 14.7. The van der Waals surface area contributed by atoms with E-state index >= 15 is 0 Å². The Hall–Kier alpha value is -2.60. The number of amides is 1. The molecule has 0 aromatic heterocycles. The van der Waals surface area contributed by atoms with Gasteiger partial charge in [0.25, 0.3) is 5.91 Å². The number of methoxy groups -OCH3 is 1. The maximum absolute atomic E-state index is 13.5. The monoisotopic (exact) mass is 346 g/mol. The second kappa shape index (κ2) is 9.03. The first-order valence-electron chi connectivity index (χ1n) is 7.96. The second-order valence-corrected chi connectivity index (χ2v) is 5.74. The Balaban J connectivity index is 1.95. The van der Waals surface area contributed by atoms with Gasteiger partial charge < -0.3 is 19.7 Å². The van der Waals surface area contributed by atoms with Crippen LogP contribution in [-0.2, 0) is 4.79 Å². The number of carbonyl (C=O) groups is 1. The predicted octanol–water partition coefficient (Wildman–Crippen LogP) is 2.63. The van der Waals surface area contributed by atoms with Crippen LogP contribution >= 0.6 is 0 Å². The first-order chi connectivity index (χ1) is 12.0. The number of hydrogen-bond donors (Lipinski definition) is 1. The van der Waals surface area contributed by atoms with Crippen molar-refractivity contribution in [3.05, 3.63) is 59.9 Å². The predicted molar refractivity (Wildman–Crippen MR) is 94.3 cm³/mol. The van der Waals surface area contributed by atoms with Crippen LogP contribution in [-0.4, -0.2) is 45.2 Å². The number of para-hydroxylation sites is 2. The van der Waals surface area contributed by atoms with Gasteiger partial charge in [0.05, 0.1) is 13.2 Å². The minimum atomic E-state index is -0.490. The molecule has 0 heterocycles. The van der Waals surface area contributed by atoms with Crippen molar-refractivity contribution in [2.45, 2.75) is 6.04 Å². The molecule has 1 amide bonds. The average molecular weight is 346 g/mol. The molecule has 0 aliphatic heterocycles. The number of nitrogens with zero attached hydrogens (tertiary/aromatic N) is 1. The van der Waals surface area contributed by atoms with Crippen LogP contribution in [0.5, 0.6) is 11.5 Å². The highest BCUT2D eigenvalue weighted by molar-refractivity contribution is 5.77. The maximum atomic E-state index is 13.5. The van der Waals surface area contributed by atoms with Crippen LogP contribution < -0.4 is 14.8 Å². The number of nitrogens with one attached hydrogen (secondary N) is 1. The van der Waals surface area contributed by atoms with Gasteiger partial charge in [0.15, 0.2) is 18.2 Å². The van der Waals surface area contributed by atoms with Crippen molar-refractivity contribution in [2.75, 3.05) is 34.4 Å². The first kappa shape index (κ1) is 18.7. The topological polar surface area (TPSA) is 50.8 Å². The van der Waals surface area contributed by atoms with Crippen molar-refractivity contribution in [2.24, 2.45) is 0 Å². The molecule has 0 spiro atoms. The van der Waals surface area contributed by atoms with Crippen LogP contribution in [0.4, 0.5) is 4.39 Å². The van der Waals surface area contributed by atoms with Gasteiger partial charge in [0.2, 0.25) is 0 Å². The van der Waals surface area contributed by atoms with Gasteiger partial charge in [0, 0.05) is 12.1 Å². The quantitative estimate of drug-likeness (QED) is 0.798. The Morgan fingerprint density at radius 2 is 1.76 bits per heavy atom. The highest BCUT2D eigenvalue weighted by Gasteiger charge is 2.19. The van der Waals surface area contributed by atoms with E-state index in [4.69, 9.17) is 9.47 Å². The summed E-state index contributed by atoms with van der Waals surface area (Å²) in [5.41, 5.74) is 0.977. The van der Waals surface area contributed by atoms with Gasteiger partial charge in [-0.15, -0.1) is 0 Å². The van der Waals surface area contributed by atoms with E-state index < -0.39 is 5.82 Å². The number of halogens is 1. The summed E-state index contributed by atoms with van der Waals surface area (Å²) >= 11 is 0. The first-order valence-corrected chi connectivity index (χ1v) is 7.96. The molecule has 2 aromatic carbocycles. The number of likely N-dealkylation sites (N-methyl/N-ethyl adjacent to an activating group) is 1. The normalized spacial score (nSPS) is 11.9. The third kappa shape index (κ3) is 5.19. The Morgan fingerprint density at radius 1 is 1.12 bits per heavy atom. The molecule has 1 unspecified atom stereocenters. The molecule has 0 bridgehead atoms. The van der Waals surface area contributed by atoms with Crippen molar-refractivity contribution in [3.8, 4) is 11.5 Å². The van der Waals surface area contributed by atoms with Crippen molar-refractivity contribution < 1.29 is 18.7 Å². The van der Waals surface area contributed by atoms with Crippen LogP contribution in [0.2, 0.25) is 0 Å². The average Bonchev–Trinajstić information content (AvgIpc) is 2.61. The molecule has 0 saturated heterocycles. The van der Waals surface area contributed by atoms with Crippen molar-refractivity contribution >= 4 is 5.91 Å². The van der Waals surface area contributed by atoms with Crippen molar-refractivity contribution in [1.82, 2.24) is 10.2 Å². The van der Waals surface area contributed by atoms with E-state index in [9.17, 15) is 9.18 Å². The molecular formula is C19H23FN2O3. The Bertz CT molecular complexity index is 707. The summed E-state index contributed by atoms with van der Waals surface area (Å²) < 4.78 is 24.1. The number of rotatable bonds is 8. The molecule has 2 rings (SSSR count). The third-order valence-electron chi connectivity index (χ3n) is 3.81. The highest BCUT2D eigenvalue weighted by atomic mass is 19.1. The molecule has 0 aliphatic carbocycles. The third-order valence-corrected chi connectivity index (χ3v) is 3.81. The zero-order valence-electron chi connectivity index (χ0n) is 14.7. The molecule has 0 fully saturated rings. The van der Waals surface area contributed by atoms with Crippen molar-refractivity contribution in [3.63, 3.8) is 0 Å². The smallest absolute Gasteiger partial charge is 0.258 e. The Kier molecular flexibility index (Phi) is 6.77. The minimum absolute atomic E-state index is 0.0615. The van der Waals surface area contributed by atoms with Gasteiger partial charge in [0.1, 0.15) is 5.75 Å². The Labute approximate surface area is 147 Å². The lowest BCUT2D eigenvalue weighted by molar-refractivity contribution is -0.123. The van der Waals surface area contributed by atoms with Crippen LogP contribution in [0.3, 0.4) is 0 Å². The van der Waals surface area contributed by atoms with Gasteiger partial charge in [-0.1, -0.05) is 30.3 Å². The molecule has 134 valence electrons. The molecule has 0 aliphatic rings. The lowest BCUT2D eigenvalue weighted by Gasteiger charge is -2.26. The van der Waals surface area contributed by atoms with E-state index in [1.165, 1.54) is 12.1 Å². The fraction of sp³-hybridized carbons (Fsp3) is 0.316. The molecular weight excluding hydrogens is 323 g/mol. The molecule has 0 radical (unpaired) electrons. The molecule has 0 saturated carbocycles. The van der Waals surface area contributed by atoms with E-state index in [-0.39, 0.29) is 24.3 Å². The summed E-state index contributed by atoms with van der Waals surface area (Å²) in [6, 6.07) is 13.6. The minimum Gasteiger partial charge on any atom is -0.496 e. The maximum Gasteiger partial charge on any atom is 0.258 e.